The maximum absolute atomic E-state index is 12.9. The summed E-state index contributed by atoms with van der Waals surface area (Å²) in [5.41, 5.74) is 1.76. The molecule has 16 heavy (non-hydrogen) atoms. The van der Waals surface area contributed by atoms with Gasteiger partial charge in [-0.1, -0.05) is 17.7 Å². The van der Waals surface area contributed by atoms with E-state index in [1.807, 2.05) is 0 Å². The molecular formula is C12H7ClFNO. The van der Waals surface area contributed by atoms with Gasteiger partial charge in [0.15, 0.2) is 6.29 Å². The predicted octanol–water partition coefficient (Wildman–Crippen LogP) is 3.35. The van der Waals surface area contributed by atoms with Gasteiger partial charge in [0.1, 0.15) is 5.82 Å². The summed E-state index contributed by atoms with van der Waals surface area (Å²) in [6.45, 7) is 0. The van der Waals surface area contributed by atoms with Gasteiger partial charge in [-0.25, -0.2) is 4.39 Å². The van der Waals surface area contributed by atoms with Gasteiger partial charge >= 0.3 is 0 Å². The zero-order chi connectivity index (χ0) is 11.5. The summed E-state index contributed by atoms with van der Waals surface area (Å²) in [5, 5.41) is 0.344. The molecule has 0 aliphatic carbocycles. The van der Waals surface area contributed by atoms with E-state index in [1.165, 1.54) is 12.3 Å². The molecule has 2 nitrogen and oxygen atoms in total. The van der Waals surface area contributed by atoms with Crippen molar-refractivity contribution in [3.63, 3.8) is 0 Å². The van der Waals surface area contributed by atoms with Gasteiger partial charge in [0.2, 0.25) is 0 Å². The van der Waals surface area contributed by atoms with E-state index in [9.17, 15) is 9.18 Å². The van der Waals surface area contributed by atoms with Crippen LogP contribution in [0.5, 0.6) is 0 Å². The highest BCUT2D eigenvalue weighted by molar-refractivity contribution is 6.33. The van der Waals surface area contributed by atoms with Gasteiger partial charge in [-0.2, -0.15) is 0 Å². The lowest BCUT2D eigenvalue weighted by molar-refractivity contribution is 0.112. The fourth-order valence-electron chi connectivity index (χ4n) is 1.37. The van der Waals surface area contributed by atoms with Crippen molar-refractivity contribution < 1.29 is 9.18 Å². The van der Waals surface area contributed by atoms with Gasteiger partial charge in [-0.05, 0) is 23.8 Å². The topological polar surface area (TPSA) is 30.0 Å². The number of rotatable bonds is 2. The SMILES string of the molecule is O=Cc1ccc(-c2cncc(F)c2)cc1Cl. The lowest BCUT2D eigenvalue weighted by Crippen LogP contribution is -1.86. The second-order valence-electron chi connectivity index (χ2n) is 3.25. The van der Waals surface area contributed by atoms with E-state index in [1.54, 1.807) is 18.2 Å². The van der Waals surface area contributed by atoms with Crippen molar-refractivity contribution in [1.82, 2.24) is 4.98 Å². The van der Waals surface area contributed by atoms with E-state index < -0.39 is 5.82 Å². The number of benzene rings is 1. The minimum Gasteiger partial charge on any atom is -0.298 e. The quantitative estimate of drug-likeness (QED) is 0.747. The van der Waals surface area contributed by atoms with Crippen LogP contribution in [0.15, 0.2) is 36.7 Å². The number of pyridine rings is 1. The fourth-order valence-corrected chi connectivity index (χ4v) is 1.60. The largest absolute Gasteiger partial charge is 0.298 e. The van der Waals surface area contributed by atoms with E-state index in [2.05, 4.69) is 4.98 Å². The first-order valence-electron chi connectivity index (χ1n) is 4.56. The van der Waals surface area contributed by atoms with Crippen molar-refractivity contribution >= 4 is 17.9 Å². The molecule has 0 fully saturated rings. The molecule has 0 radical (unpaired) electrons. The predicted molar refractivity (Wildman–Crippen MR) is 60.0 cm³/mol. The van der Waals surface area contributed by atoms with Gasteiger partial charge in [0.25, 0.3) is 0 Å². The Bertz CT molecular complexity index is 542. The normalized spacial score (nSPS) is 10.1. The first kappa shape index (κ1) is 10.8. The van der Waals surface area contributed by atoms with Crippen molar-refractivity contribution in [2.75, 3.05) is 0 Å². The summed E-state index contributed by atoms with van der Waals surface area (Å²) in [4.78, 5) is 14.3. The van der Waals surface area contributed by atoms with Crippen LogP contribution in [0, 0.1) is 5.82 Å². The van der Waals surface area contributed by atoms with Gasteiger partial charge in [-0.3, -0.25) is 9.78 Å². The molecule has 2 aromatic rings. The van der Waals surface area contributed by atoms with E-state index >= 15 is 0 Å². The summed E-state index contributed by atoms with van der Waals surface area (Å²) in [6, 6.07) is 6.27. The molecule has 0 saturated carbocycles. The van der Waals surface area contributed by atoms with Crippen LogP contribution in [0.1, 0.15) is 10.4 Å². The molecule has 0 N–H and O–H groups in total. The number of carbonyl (C=O) groups is 1. The highest BCUT2D eigenvalue weighted by atomic mass is 35.5. The van der Waals surface area contributed by atoms with Crippen LogP contribution in [0.25, 0.3) is 11.1 Å². The van der Waals surface area contributed by atoms with Crippen molar-refractivity contribution in [2.45, 2.75) is 0 Å². The fraction of sp³-hybridized carbons (Fsp3) is 0. The maximum atomic E-state index is 12.9. The highest BCUT2D eigenvalue weighted by Crippen LogP contribution is 2.24. The van der Waals surface area contributed by atoms with E-state index in [4.69, 9.17) is 11.6 Å². The van der Waals surface area contributed by atoms with Crippen molar-refractivity contribution in [2.24, 2.45) is 0 Å². The second kappa shape index (κ2) is 4.41. The molecular weight excluding hydrogens is 229 g/mol. The maximum Gasteiger partial charge on any atom is 0.151 e. The van der Waals surface area contributed by atoms with Gasteiger partial charge in [0, 0.05) is 17.3 Å². The second-order valence-corrected chi connectivity index (χ2v) is 3.65. The lowest BCUT2D eigenvalue weighted by Gasteiger charge is -2.03. The average molecular weight is 236 g/mol. The molecule has 1 heterocycles. The van der Waals surface area contributed by atoms with Crippen LogP contribution >= 0.6 is 11.6 Å². The van der Waals surface area contributed by atoms with Crippen LogP contribution in [-0.2, 0) is 0 Å². The first-order valence-corrected chi connectivity index (χ1v) is 4.94. The molecule has 0 spiro atoms. The van der Waals surface area contributed by atoms with Crippen molar-refractivity contribution in [3.05, 3.63) is 53.1 Å². The average Bonchev–Trinajstić information content (AvgIpc) is 2.29. The van der Waals surface area contributed by atoms with E-state index in [-0.39, 0.29) is 0 Å². The Hall–Kier alpha value is -1.74. The zero-order valence-corrected chi connectivity index (χ0v) is 8.91. The van der Waals surface area contributed by atoms with Crippen LogP contribution in [0.4, 0.5) is 4.39 Å². The number of carbonyl (C=O) groups excluding carboxylic acids is 1. The van der Waals surface area contributed by atoms with Crippen LogP contribution < -0.4 is 0 Å². The van der Waals surface area contributed by atoms with Crippen LogP contribution in [0.3, 0.4) is 0 Å². The smallest absolute Gasteiger partial charge is 0.151 e. The Morgan fingerprint density at radius 1 is 1.19 bits per heavy atom. The summed E-state index contributed by atoms with van der Waals surface area (Å²) in [7, 11) is 0. The monoisotopic (exact) mass is 235 g/mol. The molecule has 80 valence electrons. The number of aromatic nitrogens is 1. The molecule has 0 unspecified atom stereocenters. The molecule has 4 heteroatoms. The Balaban J connectivity index is 2.49. The standard InChI is InChI=1S/C12H7ClFNO/c13-12-4-8(1-2-9(12)7-16)10-3-11(14)6-15-5-10/h1-7H. The number of aldehydes is 1. The van der Waals surface area contributed by atoms with Gasteiger partial charge in [0.05, 0.1) is 11.2 Å². The summed E-state index contributed by atoms with van der Waals surface area (Å²) in [5.74, 6) is -0.409. The van der Waals surface area contributed by atoms with Crippen molar-refractivity contribution in [1.29, 1.82) is 0 Å². The summed E-state index contributed by atoms with van der Waals surface area (Å²) in [6.07, 6.45) is 3.34. The van der Waals surface area contributed by atoms with E-state index in [0.29, 0.717) is 22.4 Å². The lowest BCUT2D eigenvalue weighted by atomic mass is 10.1. The third-order valence-electron chi connectivity index (χ3n) is 2.17. The zero-order valence-electron chi connectivity index (χ0n) is 8.15. The Labute approximate surface area is 96.7 Å². The Kier molecular flexibility index (Phi) is 2.97. The molecule has 0 saturated heterocycles. The minimum absolute atomic E-state index is 0.344. The number of hydrogen-bond donors (Lipinski definition) is 0. The molecule has 0 bridgehead atoms. The van der Waals surface area contributed by atoms with Crippen LogP contribution in [-0.4, -0.2) is 11.3 Å². The van der Waals surface area contributed by atoms with E-state index in [0.717, 1.165) is 11.8 Å². The number of nitrogens with zero attached hydrogens (tertiary/aromatic N) is 1. The third-order valence-corrected chi connectivity index (χ3v) is 2.49. The summed E-state index contributed by atoms with van der Waals surface area (Å²) < 4.78 is 12.9. The molecule has 1 aromatic heterocycles. The van der Waals surface area contributed by atoms with Gasteiger partial charge in [-0.15, -0.1) is 0 Å². The van der Waals surface area contributed by atoms with Crippen LogP contribution in [0.2, 0.25) is 5.02 Å². The van der Waals surface area contributed by atoms with Gasteiger partial charge < -0.3 is 0 Å². The molecule has 1 aromatic carbocycles. The molecule has 0 atom stereocenters. The Morgan fingerprint density at radius 3 is 2.62 bits per heavy atom. The molecule has 0 aliphatic rings. The minimum atomic E-state index is -0.409. The first-order chi connectivity index (χ1) is 7.70. The Morgan fingerprint density at radius 2 is 2.00 bits per heavy atom. The molecule has 0 aliphatic heterocycles. The molecule has 0 amide bonds. The summed E-state index contributed by atoms with van der Waals surface area (Å²) >= 11 is 5.87. The number of halogens is 2. The number of hydrogen-bond acceptors (Lipinski definition) is 2. The highest BCUT2D eigenvalue weighted by Gasteiger charge is 2.04. The third kappa shape index (κ3) is 2.09. The molecule has 2 rings (SSSR count). The van der Waals surface area contributed by atoms with Crippen molar-refractivity contribution in [3.8, 4) is 11.1 Å².